The number of carbonyl (C=O) groups excluding carboxylic acids is 1. The molecular weight excluding hydrogens is 274 g/mol. The van der Waals surface area contributed by atoms with Crippen molar-refractivity contribution in [2.24, 2.45) is 5.92 Å². The predicted molar refractivity (Wildman–Crippen MR) is 87.9 cm³/mol. The topological polar surface area (TPSA) is 38.1 Å². The Labute approximate surface area is 133 Å². The number of nitrogens with zero attached hydrogens (tertiary/aromatic N) is 3. The van der Waals surface area contributed by atoms with Crippen LogP contribution in [0.3, 0.4) is 0 Å². The molecule has 0 N–H and O–H groups in total. The van der Waals surface area contributed by atoms with Crippen molar-refractivity contribution in [2.45, 2.75) is 77.8 Å². The molecule has 4 heteroatoms. The first-order valence-electron chi connectivity index (χ1n) is 9.02. The van der Waals surface area contributed by atoms with E-state index < -0.39 is 0 Å². The Hall–Kier alpha value is -1.32. The fraction of sp³-hybridized carbons (Fsp3) is 0.778. The number of aromatic nitrogens is 2. The van der Waals surface area contributed by atoms with E-state index in [1.165, 1.54) is 31.4 Å². The molecule has 2 aliphatic heterocycles. The summed E-state index contributed by atoms with van der Waals surface area (Å²) in [7, 11) is 0. The predicted octanol–water partition coefficient (Wildman–Crippen LogP) is 3.65. The van der Waals surface area contributed by atoms with Gasteiger partial charge in [0.2, 0.25) is 0 Å². The number of fused-ring (bicyclic) bond motifs is 1. The molecule has 4 nitrogen and oxygen atoms in total. The normalized spacial score (nSPS) is 22.5. The van der Waals surface area contributed by atoms with E-state index in [1.807, 2.05) is 10.9 Å². The maximum Gasteiger partial charge on any atom is 0.257 e. The molecule has 2 aliphatic rings. The minimum absolute atomic E-state index is 0.232. The fourth-order valence-corrected chi connectivity index (χ4v) is 3.99. The highest BCUT2D eigenvalue weighted by Crippen LogP contribution is 2.26. The summed E-state index contributed by atoms with van der Waals surface area (Å²) in [6.45, 7) is 6.41. The van der Waals surface area contributed by atoms with Crippen molar-refractivity contribution >= 4 is 5.91 Å². The maximum atomic E-state index is 13.2. The van der Waals surface area contributed by atoms with Crippen LogP contribution in [0.25, 0.3) is 0 Å². The van der Waals surface area contributed by atoms with E-state index in [1.54, 1.807) is 0 Å². The van der Waals surface area contributed by atoms with E-state index in [4.69, 9.17) is 0 Å². The average molecular weight is 303 g/mol. The van der Waals surface area contributed by atoms with Gasteiger partial charge in [0, 0.05) is 19.1 Å². The molecule has 0 aromatic carbocycles. The lowest BCUT2D eigenvalue weighted by atomic mass is 9.98. The van der Waals surface area contributed by atoms with Gasteiger partial charge in [-0.05, 0) is 44.4 Å². The molecule has 1 saturated heterocycles. The fourth-order valence-electron chi connectivity index (χ4n) is 3.99. The van der Waals surface area contributed by atoms with Crippen molar-refractivity contribution in [3.63, 3.8) is 0 Å². The molecule has 0 aliphatic carbocycles. The van der Waals surface area contributed by atoms with Gasteiger partial charge >= 0.3 is 0 Å². The molecule has 1 aromatic rings. The van der Waals surface area contributed by atoms with Crippen molar-refractivity contribution in [1.29, 1.82) is 0 Å². The van der Waals surface area contributed by atoms with E-state index in [-0.39, 0.29) is 5.91 Å². The Kier molecular flexibility index (Phi) is 4.84. The van der Waals surface area contributed by atoms with Gasteiger partial charge < -0.3 is 4.90 Å². The van der Waals surface area contributed by atoms with E-state index in [0.29, 0.717) is 12.0 Å². The van der Waals surface area contributed by atoms with Gasteiger partial charge in [0.15, 0.2) is 0 Å². The molecule has 0 spiro atoms. The molecular formula is C18H29N3O. The summed E-state index contributed by atoms with van der Waals surface area (Å²) in [5.74, 6) is 0.871. The second-order valence-corrected chi connectivity index (χ2v) is 7.32. The molecule has 3 heterocycles. The Morgan fingerprint density at radius 1 is 1.23 bits per heavy atom. The van der Waals surface area contributed by atoms with Crippen LogP contribution in [0.15, 0.2) is 6.20 Å². The Balaban J connectivity index is 1.83. The molecule has 22 heavy (non-hydrogen) atoms. The van der Waals surface area contributed by atoms with E-state index >= 15 is 0 Å². The third kappa shape index (κ3) is 3.21. The first-order valence-corrected chi connectivity index (χ1v) is 9.02. The van der Waals surface area contributed by atoms with Crippen molar-refractivity contribution in [3.8, 4) is 0 Å². The van der Waals surface area contributed by atoms with E-state index in [9.17, 15) is 4.79 Å². The zero-order chi connectivity index (χ0) is 15.5. The quantitative estimate of drug-likeness (QED) is 0.855. The van der Waals surface area contributed by atoms with Gasteiger partial charge in [0.1, 0.15) is 0 Å². The second kappa shape index (κ2) is 6.84. The molecule has 1 fully saturated rings. The van der Waals surface area contributed by atoms with Gasteiger partial charge in [-0.15, -0.1) is 0 Å². The lowest BCUT2D eigenvalue weighted by molar-refractivity contribution is 0.0659. The van der Waals surface area contributed by atoms with Crippen molar-refractivity contribution in [3.05, 3.63) is 17.5 Å². The van der Waals surface area contributed by atoms with Crippen LogP contribution in [-0.2, 0) is 13.0 Å². The molecule has 122 valence electrons. The highest BCUT2D eigenvalue weighted by Gasteiger charge is 2.30. The number of aryl methyl sites for hydroxylation is 1. The SMILES string of the molecule is CC(C)CC1CCCCCN1C(=O)c1cnn2c1CCCC2. The summed E-state index contributed by atoms with van der Waals surface area (Å²) in [5.41, 5.74) is 2.04. The lowest BCUT2D eigenvalue weighted by Crippen LogP contribution is -2.41. The van der Waals surface area contributed by atoms with Gasteiger partial charge in [0.25, 0.3) is 5.91 Å². The number of hydrogen-bond donors (Lipinski definition) is 0. The summed E-state index contributed by atoms with van der Waals surface area (Å²) < 4.78 is 2.05. The lowest BCUT2D eigenvalue weighted by Gasteiger charge is -2.31. The standard InChI is InChI=1S/C18H29N3O/c1-14(2)12-15-8-4-3-6-10-20(15)18(22)16-13-19-21-11-7-5-9-17(16)21/h13-15H,3-12H2,1-2H3. The maximum absolute atomic E-state index is 13.2. The van der Waals surface area contributed by atoms with Crippen molar-refractivity contribution in [1.82, 2.24) is 14.7 Å². The van der Waals surface area contributed by atoms with E-state index in [2.05, 4.69) is 23.8 Å². The number of rotatable bonds is 3. The number of carbonyl (C=O) groups is 1. The minimum atomic E-state index is 0.232. The summed E-state index contributed by atoms with van der Waals surface area (Å²) >= 11 is 0. The Morgan fingerprint density at radius 3 is 2.86 bits per heavy atom. The number of hydrogen-bond acceptors (Lipinski definition) is 2. The smallest absolute Gasteiger partial charge is 0.257 e. The molecule has 3 rings (SSSR count). The molecule has 0 saturated carbocycles. The zero-order valence-electron chi connectivity index (χ0n) is 14.1. The highest BCUT2D eigenvalue weighted by molar-refractivity contribution is 5.95. The van der Waals surface area contributed by atoms with Gasteiger partial charge in [-0.25, -0.2) is 0 Å². The first-order chi connectivity index (χ1) is 10.7. The summed E-state index contributed by atoms with van der Waals surface area (Å²) in [4.78, 5) is 15.3. The molecule has 1 atom stereocenters. The van der Waals surface area contributed by atoms with Crippen LogP contribution >= 0.6 is 0 Å². The van der Waals surface area contributed by atoms with Gasteiger partial charge in [-0.1, -0.05) is 26.7 Å². The van der Waals surface area contributed by atoms with Gasteiger partial charge in [-0.2, -0.15) is 5.10 Å². The summed E-state index contributed by atoms with van der Waals surface area (Å²) in [6.07, 6.45) is 11.1. The first kappa shape index (κ1) is 15.6. The largest absolute Gasteiger partial charge is 0.336 e. The third-order valence-electron chi connectivity index (χ3n) is 5.09. The molecule has 1 amide bonds. The molecule has 0 bridgehead atoms. The Morgan fingerprint density at radius 2 is 2.05 bits per heavy atom. The number of amides is 1. The van der Waals surface area contributed by atoms with Crippen LogP contribution in [0.2, 0.25) is 0 Å². The number of likely N-dealkylation sites (tertiary alicyclic amines) is 1. The minimum Gasteiger partial charge on any atom is -0.336 e. The van der Waals surface area contributed by atoms with Crippen LogP contribution in [0.1, 0.15) is 74.8 Å². The third-order valence-corrected chi connectivity index (χ3v) is 5.09. The van der Waals surface area contributed by atoms with Gasteiger partial charge in [-0.3, -0.25) is 9.48 Å². The molecule has 1 unspecified atom stereocenters. The molecule has 1 aromatic heterocycles. The summed E-state index contributed by atoms with van der Waals surface area (Å²) in [6, 6.07) is 0.411. The van der Waals surface area contributed by atoms with Crippen molar-refractivity contribution in [2.75, 3.05) is 6.54 Å². The van der Waals surface area contributed by atoms with Crippen LogP contribution in [0.5, 0.6) is 0 Å². The molecule has 0 radical (unpaired) electrons. The van der Waals surface area contributed by atoms with Crippen LogP contribution in [-0.4, -0.2) is 33.2 Å². The highest BCUT2D eigenvalue weighted by atomic mass is 16.2. The van der Waals surface area contributed by atoms with E-state index in [0.717, 1.165) is 44.3 Å². The summed E-state index contributed by atoms with van der Waals surface area (Å²) in [5, 5.41) is 4.45. The zero-order valence-corrected chi connectivity index (χ0v) is 14.1. The van der Waals surface area contributed by atoms with Crippen molar-refractivity contribution < 1.29 is 4.79 Å². The van der Waals surface area contributed by atoms with Crippen LogP contribution in [0, 0.1) is 5.92 Å². The van der Waals surface area contributed by atoms with Crippen LogP contribution in [0.4, 0.5) is 0 Å². The van der Waals surface area contributed by atoms with Crippen LogP contribution < -0.4 is 0 Å². The Bertz CT molecular complexity index is 520. The monoisotopic (exact) mass is 303 g/mol. The average Bonchev–Trinajstić information content (AvgIpc) is 2.80. The van der Waals surface area contributed by atoms with Gasteiger partial charge in [0.05, 0.1) is 17.5 Å². The second-order valence-electron chi connectivity index (χ2n) is 7.32.